The first-order valence-electron chi connectivity index (χ1n) is 6.15. The first-order valence-corrected chi connectivity index (χ1v) is 8.21. The van der Waals surface area contributed by atoms with E-state index in [2.05, 4.69) is 5.43 Å². The van der Waals surface area contributed by atoms with Crippen LogP contribution in [0.25, 0.3) is 0 Å². The van der Waals surface area contributed by atoms with Crippen LogP contribution in [0.5, 0.6) is 0 Å². The SMILES string of the molecule is CS(=O)(=O)CCC(CCC1CCCC1)NN. The molecule has 0 aliphatic heterocycles. The molecule has 1 rings (SSSR count). The van der Waals surface area contributed by atoms with Crippen LogP contribution in [0.15, 0.2) is 0 Å². The number of hydrogen-bond acceptors (Lipinski definition) is 4. The summed E-state index contributed by atoms with van der Waals surface area (Å²) in [4.78, 5) is 0. The van der Waals surface area contributed by atoms with E-state index in [4.69, 9.17) is 5.84 Å². The zero-order valence-electron chi connectivity index (χ0n) is 10.1. The van der Waals surface area contributed by atoms with Gasteiger partial charge in [-0.3, -0.25) is 11.3 Å². The number of hydrogen-bond donors (Lipinski definition) is 2. The molecule has 0 aromatic carbocycles. The van der Waals surface area contributed by atoms with E-state index in [-0.39, 0.29) is 11.8 Å². The van der Waals surface area contributed by atoms with Gasteiger partial charge in [0.05, 0.1) is 5.75 Å². The summed E-state index contributed by atoms with van der Waals surface area (Å²) in [6.45, 7) is 0. The summed E-state index contributed by atoms with van der Waals surface area (Å²) in [5, 5.41) is 0. The van der Waals surface area contributed by atoms with Crippen molar-refractivity contribution in [3.05, 3.63) is 0 Å². The van der Waals surface area contributed by atoms with Gasteiger partial charge in [0.2, 0.25) is 0 Å². The molecule has 3 N–H and O–H groups in total. The minimum atomic E-state index is -2.86. The molecule has 0 spiro atoms. The van der Waals surface area contributed by atoms with Gasteiger partial charge in [-0.2, -0.15) is 0 Å². The number of nitrogens with one attached hydrogen (secondary N) is 1. The molecule has 16 heavy (non-hydrogen) atoms. The molecule has 1 atom stereocenters. The first-order chi connectivity index (χ1) is 7.51. The highest BCUT2D eigenvalue weighted by molar-refractivity contribution is 7.90. The fraction of sp³-hybridized carbons (Fsp3) is 1.00. The van der Waals surface area contributed by atoms with Crippen LogP contribution in [-0.4, -0.2) is 26.5 Å². The van der Waals surface area contributed by atoms with Crippen LogP contribution in [0.3, 0.4) is 0 Å². The molecule has 4 nitrogen and oxygen atoms in total. The van der Waals surface area contributed by atoms with Crippen molar-refractivity contribution in [2.75, 3.05) is 12.0 Å². The molecule has 96 valence electrons. The Morgan fingerprint density at radius 3 is 2.44 bits per heavy atom. The van der Waals surface area contributed by atoms with E-state index >= 15 is 0 Å². The van der Waals surface area contributed by atoms with Gasteiger partial charge in [-0.1, -0.05) is 25.7 Å². The Balaban J connectivity index is 2.20. The summed E-state index contributed by atoms with van der Waals surface area (Å²) in [5.74, 6) is 6.51. The van der Waals surface area contributed by atoms with Gasteiger partial charge in [-0.25, -0.2) is 8.42 Å². The van der Waals surface area contributed by atoms with Gasteiger partial charge >= 0.3 is 0 Å². The largest absolute Gasteiger partial charge is 0.271 e. The van der Waals surface area contributed by atoms with Crippen LogP contribution >= 0.6 is 0 Å². The average Bonchev–Trinajstić information content (AvgIpc) is 2.69. The van der Waals surface area contributed by atoms with E-state index in [0.29, 0.717) is 6.42 Å². The number of nitrogens with two attached hydrogens (primary N) is 1. The molecule has 0 amide bonds. The fourth-order valence-electron chi connectivity index (χ4n) is 2.40. The summed E-state index contributed by atoms with van der Waals surface area (Å²) < 4.78 is 22.1. The third-order valence-electron chi connectivity index (χ3n) is 3.47. The topological polar surface area (TPSA) is 72.2 Å². The van der Waals surface area contributed by atoms with Crippen molar-refractivity contribution in [1.82, 2.24) is 5.43 Å². The lowest BCUT2D eigenvalue weighted by Crippen LogP contribution is -2.36. The second kappa shape index (κ2) is 6.57. The molecule has 0 bridgehead atoms. The quantitative estimate of drug-likeness (QED) is 0.525. The average molecular weight is 248 g/mol. The number of sulfone groups is 1. The summed E-state index contributed by atoms with van der Waals surface area (Å²) >= 11 is 0. The van der Waals surface area contributed by atoms with E-state index in [1.807, 2.05) is 0 Å². The van der Waals surface area contributed by atoms with Gasteiger partial charge in [0, 0.05) is 12.3 Å². The highest BCUT2D eigenvalue weighted by Gasteiger charge is 2.17. The van der Waals surface area contributed by atoms with Crippen molar-refractivity contribution in [2.24, 2.45) is 11.8 Å². The minimum Gasteiger partial charge on any atom is -0.271 e. The molecular formula is C11H24N2O2S. The fourth-order valence-corrected chi connectivity index (χ4v) is 3.12. The molecule has 1 aliphatic carbocycles. The maximum absolute atomic E-state index is 11.0. The number of hydrazine groups is 1. The van der Waals surface area contributed by atoms with Crippen molar-refractivity contribution in [3.8, 4) is 0 Å². The Hall–Kier alpha value is -0.130. The Bertz CT molecular complexity index is 284. The Morgan fingerprint density at radius 1 is 1.31 bits per heavy atom. The second-order valence-corrected chi connectivity index (χ2v) is 7.27. The molecule has 0 saturated heterocycles. The van der Waals surface area contributed by atoms with Crippen LogP contribution in [0.2, 0.25) is 0 Å². The monoisotopic (exact) mass is 248 g/mol. The molecule has 1 unspecified atom stereocenters. The lowest BCUT2D eigenvalue weighted by atomic mass is 9.98. The Labute approximate surface area is 98.9 Å². The molecular weight excluding hydrogens is 224 g/mol. The van der Waals surface area contributed by atoms with Gasteiger partial charge in [-0.15, -0.1) is 0 Å². The second-order valence-electron chi connectivity index (χ2n) is 5.01. The molecule has 1 fully saturated rings. The van der Waals surface area contributed by atoms with Crippen LogP contribution < -0.4 is 11.3 Å². The van der Waals surface area contributed by atoms with Crippen LogP contribution in [0.4, 0.5) is 0 Å². The molecule has 0 radical (unpaired) electrons. The normalized spacial score (nSPS) is 20.1. The Kier molecular flexibility index (Phi) is 5.72. The van der Waals surface area contributed by atoms with Crippen molar-refractivity contribution >= 4 is 9.84 Å². The molecule has 5 heteroatoms. The van der Waals surface area contributed by atoms with Crippen LogP contribution in [0, 0.1) is 5.92 Å². The van der Waals surface area contributed by atoms with Gasteiger partial charge in [-0.05, 0) is 25.2 Å². The predicted molar refractivity (Wildman–Crippen MR) is 66.6 cm³/mol. The lowest BCUT2D eigenvalue weighted by Gasteiger charge is -2.17. The van der Waals surface area contributed by atoms with Crippen LogP contribution in [-0.2, 0) is 9.84 Å². The highest BCUT2D eigenvalue weighted by Crippen LogP contribution is 2.29. The van der Waals surface area contributed by atoms with Crippen molar-refractivity contribution < 1.29 is 8.42 Å². The molecule has 0 aromatic rings. The van der Waals surface area contributed by atoms with E-state index in [1.54, 1.807) is 0 Å². The van der Waals surface area contributed by atoms with Crippen molar-refractivity contribution in [1.29, 1.82) is 0 Å². The van der Waals surface area contributed by atoms with Crippen molar-refractivity contribution in [3.63, 3.8) is 0 Å². The van der Waals surface area contributed by atoms with Gasteiger partial charge in [0.15, 0.2) is 0 Å². The predicted octanol–water partition coefficient (Wildman–Crippen LogP) is 1.22. The van der Waals surface area contributed by atoms with Crippen LogP contribution in [0.1, 0.15) is 44.9 Å². The highest BCUT2D eigenvalue weighted by atomic mass is 32.2. The maximum Gasteiger partial charge on any atom is 0.147 e. The van der Waals surface area contributed by atoms with E-state index in [0.717, 1.165) is 12.3 Å². The summed E-state index contributed by atoms with van der Waals surface area (Å²) in [5.41, 5.74) is 2.73. The Morgan fingerprint density at radius 2 is 1.94 bits per heavy atom. The molecule has 1 aliphatic rings. The van der Waals surface area contributed by atoms with Gasteiger partial charge < -0.3 is 0 Å². The zero-order chi connectivity index (χ0) is 12.0. The lowest BCUT2D eigenvalue weighted by molar-refractivity contribution is 0.402. The van der Waals surface area contributed by atoms with E-state index in [9.17, 15) is 8.42 Å². The third kappa shape index (κ3) is 5.82. The molecule has 1 saturated carbocycles. The smallest absolute Gasteiger partial charge is 0.147 e. The standard InChI is InChI=1S/C11H24N2O2S/c1-16(14,15)9-8-11(13-12)7-6-10-4-2-3-5-10/h10-11,13H,2-9,12H2,1H3. The number of rotatable bonds is 7. The third-order valence-corrected chi connectivity index (χ3v) is 4.45. The van der Waals surface area contributed by atoms with Gasteiger partial charge in [0.1, 0.15) is 9.84 Å². The van der Waals surface area contributed by atoms with Gasteiger partial charge in [0.25, 0.3) is 0 Å². The summed E-state index contributed by atoms with van der Waals surface area (Å²) in [6.07, 6.45) is 9.46. The minimum absolute atomic E-state index is 0.148. The molecule has 0 heterocycles. The first kappa shape index (κ1) is 13.9. The summed E-state index contributed by atoms with van der Waals surface area (Å²) in [7, 11) is -2.86. The molecule has 0 aromatic heterocycles. The maximum atomic E-state index is 11.0. The zero-order valence-corrected chi connectivity index (χ0v) is 10.9. The van der Waals surface area contributed by atoms with E-state index < -0.39 is 9.84 Å². The van der Waals surface area contributed by atoms with Crippen molar-refractivity contribution in [2.45, 2.75) is 51.0 Å². The van der Waals surface area contributed by atoms with E-state index in [1.165, 1.54) is 38.4 Å². The summed E-state index contributed by atoms with van der Waals surface area (Å²) in [6, 6.07) is 0.148.